The van der Waals surface area contributed by atoms with Crippen LogP contribution in [0.2, 0.25) is 0 Å². The molecule has 1 rings (SSSR count). The first kappa shape index (κ1) is 14.6. The monoisotopic (exact) mass is 250 g/mol. The Kier molecular flexibility index (Phi) is 4.76. The molecule has 1 aromatic rings. The van der Waals surface area contributed by atoms with Crippen LogP contribution in [-0.4, -0.2) is 19.7 Å². The van der Waals surface area contributed by atoms with Crippen LogP contribution in [0.1, 0.15) is 38.8 Å². The summed E-state index contributed by atoms with van der Waals surface area (Å²) in [7, 11) is 1.40. The topological polar surface area (TPSA) is 35.5 Å². The summed E-state index contributed by atoms with van der Waals surface area (Å²) in [6.07, 6.45) is 0.298. The van der Waals surface area contributed by atoms with Crippen LogP contribution in [-0.2, 0) is 21.4 Å². The Morgan fingerprint density at radius 3 is 2.44 bits per heavy atom. The highest BCUT2D eigenvalue weighted by molar-refractivity contribution is 5.72. The smallest absolute Gasteiger partial charge is 0.309 e. The van der Waals surface area contributed by atoms with Gasteiger partial charge in [0.2, 0.25) is 0 Å². The second-order valence-electron chi connectivity index (χ2n) is 5.27. The number of rotatable bonds is 4. The Bertz CT molecular complexity index is 416. The zero-order valence-electron chi connectivity index (χ0n) is 11.9. The lowest BCUT2D eigenvalue weighted by Gasteiger charge is -2.23. The van der Waals surface area contributed by atoms with Crippen LogP contribution >= 0.6 is 0 Å². The maximum absolute atomic E-state index is 11.3. The van der Waals surface area contributed by atoms with E-state index < -0.39 is 0 Å². The van der Waals surface area contributed by atoms with Gasteiger partial charge in [-0.3, -0.25) is 4.79 Å². The lowest BCUT2D eigenvalue weighted by atomic mass is 9.85. The number of hydrogen-bond acceptors (Lipinski definition) is 3. The zero-order chi connectivity index (χ0) is 13.8. The van der Waals surface area contributed by atoms with E-state index in [-0.39, 0.29) is 11.4 Å². The molecule has 0 N–H and O–H groups in total. The van der Waals surface area contributed by atoms with Gasteiger partial charge in [0.05, 0.1) is 20.1 Å². The summed E-state index contributed by atoms with van der Waals surface area (Å²) in [6.45, 7) is 9.00. The summed E-state index contributed by atoms with van der Waals surface area (Å²) in [4.78, 5) is 11.3. The fourth-order valence-electron chi connectivity index (χ4n) is 1.79. The first-order chi connectivity index (χ1) is 8.38. The third-order valence-corrected chi connectivity index (χ3v) is 2.73. The molecule has 0 amide bonds. The van der Waals surface area contributed by atoms with Crippen molar-refractivity contribution >= 4 is 5.97 Å². The van der Waals surface area contributed by atoms with Crippen molar-refractivity contribution < 1.29 is 14.3 Å². The van der Waals surface area contributed by atoms with Gasteiger partial charge in [0.1, 0.15) is 5.75 Å². The van der Waals surface area contributed by atoms with Crippen molar-refractivity contribution in [2.75, 3.05) is 13.7 Å². The molecule has 0 atom stereocenters. The Balaban J connectivity index is 3.09. The summed E-state index contributed by atoms with van der Waals surface area (Å²) < 4.78 is 10.3. The van der Waals surface area contributed by atoms with E-state index in [1.54, 1.807) is 0 Å². The molecule has 0 aliphatic carbocycles. The van der Waals surface area contributed by atoms with Crippen LogP contribution in [0.25, 0.3) is 0 Å². The number of benzene rings is 1. The molecule has 0 radical (unpaired) electrons. The summed E-state index contributed by atoms with van der Waals surface area (Å²) in [5.41, 5.74) is 2.05. The molecule has 0 saturated heterocycles. The van der Waals surface area contributed by atoms with Crippen molar-refractivity contribution in [1.82, 2.24) is 0 Å². The molecule has 1 aromatic carbocycles. The molecular formula is C15H22O3. The normalized spacial score (nSPS) is 11.2. The van der Waals surface area contributed by atoms with Gasteiger partial charge < -0.3 is 9.47 Å². The van der Waals surface area contributed by atoms with Crippen molar-refractivity contribution in [3.05, 3.63) is 29.3 Å². The van der Waals surface area contributed by atoms with Gasteiger partial charge >= 0.3 is 5.97 Å². The SMILES string of the molecule is CCOc1ccc(CC(=O)OC)cc1C(C)(C)C. The fraction of sp³-hybridized carbons (Fsp3) is 0.533. The molecule has 0 aliphatic rings. The minimum atomic E-state index is -0.223. The highest BCUT2D eigenvalue weighted by atomic mass is 16.5. The molecule has 0 spiro atoms. The Labute approximate surface area is 109 Å². The van der Waals surface area contributed by atoms with Crippen molar-refractivity contribution in [3.8, 4) is 5.75 Å². The predicted molar refractivity (Wildman–Crippen MR) is 72.0 cm³/mol. The second kappa shape index (κ2) is 5.89. The van der Waals surface area contributed by atoms with Crippen LogP contribution in [0.4, 0.5) is 0 Å². The van der Waals surface area contributed by atoms with Crippen molar-refractivity contribution in [2.45, 2.75) is 39.5 Å². The standard InChI is InChI=1S/C15H22O3/c1-6-18-13-8-7-11(10-14(16)17-5)9-12(13)15(2,3)4/h7-9H,6,10H2,1-5H3. The Morgan fingerprint density at radius 1 is 1.28 bits per heavy atom. The first-order valence-corrected chi connectivity index (χ1v) is 6.21. The van der Waals surface area contributed by atoms with E-state index in [2.05, 4.69) is 25.5 Å². The average molecular weight is 250 g/mol. The largest absolute Gasteiger partial charge is 0.494 e. The van der Waals surface area contributed by atoms with Gasteiger partial charge in [0.15, 0.2) is 0 Å². The van der Waals surface area contributed by atoms with Gasteiger partial charge in [-0.05, 0) is 29.5 Å². The number of ether oxygens (including phenoxy) is 2. The molecule has 0 unspecified atom stereocenters. The molecule has 100 valence electrons. The van der Waals surface area contributed by atoms with Crippen molar-refractivity contribution in [1.29, 1.82) is 0 Å². The molecular weight excluding hydrogens is 228 g/mol. The van der Waals surface area contributed by atoms with Gasteiger partial charge in [-0.15, -0.1) is 0 Å². The van der Waals surface area contributed by atoms with Crippen LogP contribution in [0.3, 0.4) is 0 Å². The molecule has 0 bridgehead atoms. The summed E-state index contributed by atoms with van der Waals surface area (Å²) >= 11 is 0. The number of hydrogen-bond donors (Lipinski definition) is 0. The van der Waals surface area contributed by atoms with Gasteiger partial charge in [0, 0.05) is 0 Å². The summed E-state index contributed by atoms with van der Waals surface area (Å²) in [6, 6.07) is 5.88. The van der Waals surface area contributed by atoms with E-state index >= 15 is 0 Å². The van der Waals surface area contributed by atoms with Crippen LogP contribution in [0.15, 0.2) is 18.2 Å². The number of esters is 1. The van der Waals surface area contributed by atoms with Crippen molar-refractivity contribution in [3.63, 3.8) is 0 Å². The maximum atomic E-state index is 11.3. The van der Waals surface area contributed by atoms with E-state index in [1.807, 2.05) is 25.1 Å². The van der Waals surface area contributed by atoms with Gasteiger partial charge in [-0.25, -0.2) is 0 Å². The molecule has 3 nitrogen and oxygen atoms in total. The van der Waals surface area contributed by atoms with Gasteiger partial charge in [-0.1, -0.05) is 32.9 Å². The lowest BCUT2D eigenvalue weighted by molar-refractivity contribution is -0.139. The number of carbonyl (C=O) groups excluding carboxylic acids is 1. The van der Waals surface area contributed by atoms with E-state index in [4.69, 9.17) is 4.74 Å². The molecule has 3 heteroatoms. The Morgan fingerprint density at radius 2 is 1.94 bits per heavy atom. The van der Waals surface area contributed by atoms with E-state index in [1.165, 1.54) is 7.11 Å². The minimum Gasteiger partial charge on any atom is -0.494 e. The molecule has 0 heterocycles. The molecule has 0 aliphatic heterocycles. The van der Waals surface area contributed by atoms with Crippen molar-refractivity contribution in [2.24, 2.45) is 0 Å². The lowest BCUT2D eigenvalue weighted by Crippen LogP contribution is -2.15. The van der Waals surface area contributed by atoms with E-state index in [9.17, 15) is 4.79 Å². The number of carbonyl (C=O) groups is 1. The molecule has 0 aromatic heterocycles. The molecule has 0 fully saturated rings. The second-order valence-corrected chi connectivity index (χ2v) is 5.27. The highest BCUT2D eigenvalue weighted by Gasteiger charge is 2.20. The van der Waals surface area contributed by atoms with Crippen LogP contribution in [0, 0.1) is 0 Å². The predicted octanol–water partition coefficient (Wildman–Crippen LogP) is 3.10. The fourth-order valence-corrected chi connectivity index (χ4v) is 1.79. The quantitative estimate of drug-likeness (QED) is 0.770. The van der Waals surface area contributed by atoms with Gasteiger partial charge in [-0.2, -0.15) is 0 Å². The maximum Gasteiger partial charge on any atom is 0.309 e. The average Bonchev–Trinajstić information content (AvgIpc) is 2.30. The van der Waals surface area contributed by atoms with E-state index in [0.29, 0.717) is 13.0 Å². The molecule has 18 heavy (non-hydrogen) atoms. The summed E-state index contributed by atoms with van der Waals surface area (Å²) in [5.74, 6) is 0.664. The highest BCUT2D eigenvalue weighted by Crippen LogP contribution is 2.32. The molecule has 0 saturated carbocycles. The van der Waals surface area contributed by atoms with Gasteiger partial charge in [0.25, 0.3) is 0 Å². The zero-order valence-corrected chi connectivity index (χ0v) is 11.9. The first-order valence-electron chi connectivity index (χ1n) is 6.21. The van der Waals surface area contributed by atoms with E-state index in [0.717, 1.165) is 16.9 Å². The third-order valence-electron chi connectivity index (χ3n) is 2.73. The van der Waals surface area contributed by atoms with Crippen LogP contribution < -0.4 is 4.74 Å². The number of methoxy groups -OCH3 is 1. The third kappa shape index (κ3) is 3.76. The Hall–Kier alpha value is -1.51. The minimum absolute atomic E-state index is 0.0172. The summed E-state index contributed by atoms with van der Waals surface area (Å²) in [5, 5.41) is 0. The van der Waals surface area contributed by atoms with Crippen LogP contribution in [0.5, 0.6) is 5.75 Å².